The van der Waals surface area contributed by atoms with Crippen molar-refractivity contribution in [3.8, 4) is 0 Å². The van der Waals surface area contributed by atoms with E-state index >= 15 is 0 Å². The van der Waals surface area contributed by atoms with Crippen molar-refractivity contribution in [1.29, 1.82) is 0 Å². The third-order valence-corrected chi connectivity index (χ3v) is 5.29. The van der Waals surface area contributed by atoms with Gasteiger partial charge in [0.25, 0.3) is 5.56 Å². The second-order valence-corrected chi connectivity index (χ2v) is 7.10. The van der Waals surface area contributed by atoms with Crippen LogP contribution in [-0.4, -0.2) is 14.8 Å². The normalized spacial score (nSPS) is 14.2. The Kier molecular flexibility index (Phi) is 2.57. The lowest BCUT2D eigenvalue weighted by Crippen LogP contribution is -2.16. The van der Waals surface area contributed by atoms with E-state index in [2.05, 4.69) is 22.6 Å². The Labute approximate surface area is 144 Å². The second-order valence-electron chi connectivity index (χ2n) is 5.85. The fourth-order valence-electron chi connectivity index (χ4n) is 3.69. The van der Waals surface area contributed by atoms with Gasteiger partial charge in [0.15, 0.2) is 5.78 Å². The maximum atomic E-state index is 12.9. The summed E-state index contributed by atoms with van der Waals surface area (Å²) in [7, 11) is 0. The molecule has 23 heavy (non-hydrogen) atoms. The maximum absolute atomic E-state index is 12.9. The zero-order chi connectivity index (χ0) is 15.7. The van der Waals surface area contributed by atoms with Gasteiger partial charge in [-0.25, -0.2) is 9.03 Å². The average molecular weight is 414 g/mol. The van der Waals surface area contributed by atoms with Gasteiger partial charge in [0.1, 0.15) is 0 Å². The van der Waals surface area contributed by atoms with Crippen LogP contribution in [0.2, 0.25) is 0 Å². The van der Waals surface area contributed by atoms with Crippen LogP contribution >= 0.6 is 22.6 Å². The lowest BCUT2D eigenvalue weighted by atomic mass is 10.1. The topological polar surface area (TPSA) is 43.0 Å². The van der Waals surface area contributed by atoms with Gasteiger partial charge in [0.2, 0.25) is 0 Å². The largest absolute Gasteiger partial charge is 0.294 e. The number of Topliss-reactive ketones (excluding diaryl/α,β-unsaturated/α-hetero) is 1. The van der Waals surface area contributed by atoms with E-state index in [1.165, 1.54) is 0 Å². The fraction of sp³-hybridized carbons (Fsp3) is 0.111. The number of hydrogen-bond acceptors (Lipinski definition) is 2. The zero-order valence-electron chi connectivity index (χ0n) is 12.0. The highest BCUT2D eigenvalue weighted by atomic mass is 127. The minimum absolute atomic E-state index is 0.0334. The standard InChI is InChI=1S/C18H11IN2O2/c19-10-5-6-14-12(9-10)17-15(7-8-16(17)22)20-13-4-2-1-3-11(13)18(23)21(14)20/h1-6,9H,7-8H2. The van der Waals surface area contributed by atoms with Gasteiger partial charge >= 0.3 is 0 Å². The van der Waals surface area contributed by atoms with E-state index in [1.807, 2.05) is 47.0 Å². The van der Waals surface area contributed by atoms with Crippen molar-refractivity contribution in [1.82, 2.24) is 9.03 Å². The van der Waals surface area contributed by atoms with Crippen LogP contribution in [0.25, 0.3) is 21.8 Å². The molecule has 0 amide bonds. The van der Waals surface area contributed by atoms with Crippen molar-refractivity contribution in [3.63, 3.8) is 0 Å². The van der Waals surface area contributed by atoms with Crippen LogP contribution in [0, 0.1) is 3.57 Å². The number of aromatic nitrogens is 2. The first kappa shape index (κ1) is 13.3. The van der Waals surface area contributed by atoms with Gasteiger partial charge in [-0.15, -0.1) is 0 Å². The summed E-state index contributed by atoms with van der Waals surface area (Å²) in [5.74, 6) is 0.166. The van der Waals surface area contributed by atoms with Gasteiger partial charge in [0, 0.05) is 20.9 Å². The van der Waals surface area contributed by atoms with Crippen LogP contribution < -0.4 is 5.56 Å². The van der Waals surface area contributed by atoms with Crippen molar-refractivity contribution < 1.29 is 4.79 Å². The Bertz CT molecular complexity index is 1220. The summed E-state index contributed by atoms with van der Waals surface area (Å²) >= 11 is 2.24. The number of ketones is 1. The van der Waals surface area contributed by atoms with E-state index in [-0.39, 0.29) is 11.3 Å². The molecule has 0 saturated carbocycles. The minimum atomic E-state index is -0.0334. The molecule has 1 aliphatic carbocycles. The average Bonchev–Trinajstić information content (AvgIpc) is 3.07. The number of rotatable bonds is 0. The summed E-state index contributed by atoms with van der Waals surface area (Å²) in [4.78, 5) is 25.4. The van der Waals surface area contributed by atoms with Crippen LogP contribution in [0.4, 0.5) is 0 Å². The number of nitrogens with zero attached hydrogens (tertiary/aromatic N) is 2. The third kappa shape index (κ3) is 1.60. The first-order valence-corrected chi connectivity index (χ1v) is 8.54. The van der Waals surface area contributed by atoms with Crippen molar-refractivity contribution >= 4 is 50.2 Å². The Morgan fingerprint density at radius 1 is 0.870 bits per heavy atom. The summed E-state index contributed by atoms with van der Waals surface area (Å²) in [5.41, 5.74) is 3.35. The number of aryl methyl sites for hydroxylation is 1. The lowest BCUT2D eigenvalue weighted by molar-refractivity contribution is 0.0996. The minimum Gasteiger partial charge on any atom is -0.294 e. The van der Waals surface area contributed by atoms with Gasteiger partial charge in [-0.05, 0) is 59.3 Å². The van der Waals surface area contributed by atoms with Crippen molar-refractivity contribution in [3.05, 3.63) is 67.6 Å². The number of carbonyl (C=O) groups is 1. The van der Waals surface area contributed by atoms with Crippen molar-refractivity contribution in [2.24, 2.45) is 0 Å². The van der Waals surface area contributed by atoms with E-state index in [0.717, 1.165) is 31.2 Å². The molecule has 2 aromatic heterocycles. The quantitative estimate of drug-likeness (QED) is 0.414. The first-order valence-electron chi connectivity index (χ1n) is 7.46. The monoisotopic (exact) mass is 414 g/mol. The fourth-order valence-corrected chi connectivity index (χ4v) is 4.18. The molecule has 0 radical (unpaired) electrons. The summed E-state index contributed by atoms with van der Waals surface area (Å²) in [6.07, 6.45) is 1.19. The number of halogens is 1. The van der Waals surface area contributed by atoms with Crippen LogP contribution in [0.5, 0.6) is 0 Å². The molecule has 0 atom stereocenters. The van der Waals surface area contributed by atoms with Crippen molar-refractivity contribution in [2.45, 2.75) is 12.8 Å². The SMILES string of the molecule is O=C1CCc2c1c1cc(I)ccc1n1c(=O)c3ccccc3n21. The molecular weight excluding hydrogens is 403 g/mol. The lowest BCUT2D eigenvalue weighted by Gasteiger charge is -2.11. The van der Waals surface area contributed by atoms with Gasteiger partial charge in [-0.3, -0.25) is 9.59 Å². The third-order valence-electron chi connectivity index (χ3n) is 4.62. The number of carbonyl (C=O) groups excluding carboxylic acids is 1. The molecule has 0 N–H and O–H groups in total. The van der Waals surface area contributed by atoms with E-state index in [1.54, 1.807) is 4.52 Å². The van der Waals surface area contributed by atoms with Crippen LogP contribution in [-0.2, 0) is 6.42 Å². The molecule has 5 rings (SSSR count). The van der Waals surface area contributed by atoms with Crippen LogP contribution in [0.15, 0.2) is 47.3 Å². The highest BCUT2D eigenvalue weighted by Crippen LogP contribution is 2.31. The summed E-state index contributed by atoms with van der Waals surface area (Å²) in [6.45, 7) is 0. The Hall–Kier alpha value is -2.15. The van der Waals surface area contributed by atoms with E-state index in [9.17, 15) is 9.59 Å². The zero-order valence-corrected chi connectivity index (χ0v) is 14.2. The number of fused-ring (bicyclic) bond motifs is 8. The molecule has 0 spiro atoms. The molecule has 0 unspecified atom stereocenters. The van der Waals surface area contributed by atoms with Gasteiger partial charge in [-0.2, -0.15) is 0 Å². The highest BCUT2D eigenvalue weighted by Gasteiger charge is 2.28. The summed E-state index contributed by atoms with van der Waals surface area (Å²) in [6, 6.07) is 13.5. The smallest absolute Gasteiger partial charge is 0.279 e. The molecule has 4 aromatic rings. The molecule has 0 bridgehead atoms. The summed E-state index contributed by atoms with van der Waals surface area (Å²) in [5, 5.41) is 1.57. The molecule has 0 fully saturated rings. The second kappa shape index (κ2) is 4.44. The van der Waals surface area contributed by atoms with Crippen LogP contribution in [0.3, 0.4) is 0 Å². The van der Waals surface area contributed by atoms with Crippen molar-refractivity contribution in [2.75, 3.05) is 0 Å². The van der Waals surface area contributed by atoms with Gasteiger partial charge in [0.05, 0.1) is 22.1 Å². The van der Waals surface area contributed by atoms with Gasteiger partial charge < -0.3 is 0 Å². The predicted octanol–water partition coefficient (Wildman–Crippen LogP) is 3.44. The predicted molar refractivity (Wildman–Crippen MR) is 97.5 cm³/mol. The highest BCUT2D eigenvalue weighted by molar-refractivity contribution is 14.1. The van der Waals surface area contributed by atoms with E-state index in [4.69, 9.17) is 0 Å². The molecule has 4 nitrogen and oxygen atoms in total. The Balaban J connectivity index is 2.21. The Morgan fingerprint density at radius 2 is 1.65 bits per heavy atom. The number of benzene rings is 2. The molecule has 2 heterocycles. The molecule has 0 saturated heterocycles. The molecular formula is C18H11IN2O2. The molecule has 1 aliphatic rings. The van der Waals surface area contributed by atoms with Gasteiger partial charge in [-0.1, -0.05) is 12.1 Å². The number of hydrogen-bond donors (Lipinski definition) is 0. The molecule has 0 aliphatic heterocycles. The Morgan fingerprint density at radius 3 is 2.52 bits per heavy atom. The maximum Gasteiger partial charge on any atom is 0.279 e. The first-order chi connectivity index (χ1) is 11.2. The summed E-state index contributed by atoms with van der Waals surface area (Å²) < 4.78 is 4.71. The number of para-hydroxylation sites is 1. The molecule has 112 valence electrons. The molecule has 2 aromatic carbocycles. The van der Waals surface area contributed by atoms with E-state index in [0.29, 0.717) is 18.2 Å². The van der Waals surface area contributed by atoms with Crippen LogP contribution in [0.1, 0.15) is 22.5 Å². The molecule has 5 heteroatoms. The van der Waals surface area contributed by atoms with E-state index < -0.39 is 0 Å².